The van der Waals surface area contributed by atoms with Gasteiger partial charge in [0.05, 0.1) is 30.2 Å². The van der Waals surface area contributed by atoms with Gasteiger partial charge in [-0.05, 0) is 12.1 Å². The van der Waals surface area contributed by atoms with Gasteiger partial charge < -0.3 is 10.1 Å². The molecule has 0 saturated carbocycles. The van der Waals surface area contributed by atoms with Gasteiger partial charge in [-0.3, -0.25) is 9.36 Å². The Morgan fingerprint density at radius 3 is 2.67 bits per heavy atom. The van der Waals surface area contributed by atoms with E-state index < -0.39 is 0 Å². The van der Waals surface area contributed by atoms with Crippen molar-refractivity contribution >= 4 is 11.4 Å². The minimum absolute atomic E-state index is 0.629. The van der Waals surface area contributed by atoms with Crippen molar-refractivity contribution in [2.75, 3.05) is 12.4 Å². The van der Waals surface area contributed by atoms with Crippen LogP contribution in [0.25, 0.3) is 11.4 Å². The van der Waals surface area contributed by atoms with Gasteiger partial charge in [-0.15, -0.1) is 0 Å². The number of nitrogens with zero attached hydrogens (tertiary/aromatic N) is 5. The van der Waals surface area contributed by atoms with E-state index in [0.717, 1.165) is 16.9 Å². The highest BCUT2D eigenvalue weighted by atomic mass is 16.5. The predicted molar refractivity (Wildman–Crippen MR) is 79.5 cm³/mol. The maximum absolute atomic E-state index is 5.54. The molecule has 0 unspecified atom stereocenters. The van der Waals surface area contributed by atoms with Gasteiger partial charge in [0.15, 0.2) is 11.6 Å². The van der Waals surface area contributed by atoms with Gasteiger partial charge in [0, 0.05) is 20.3 Å². The Balaban J connectivity index is 2.01. The highest BCUT2D eigenvalue weighted by molar-refractivity contribution is 5.77. The van der Waals surface area contributed by atoms with Crippen molar-refractivity contribution < 1.29 is 4.74 Å². The molecule has 0 aliphatic heterocycles. The lowest BCUT2D eigenvalue weighted by Gasteiger charge is -2.12. The molecule has 0 fully saturated rings. The van der Waals surface area contributed by atoms with E-state index in [1.807, 2.05) is 38.5 Å². The van der Waals surface area contributed by atoms with Crippen LogP contribution in [0.5, 0.6) is 5.75 Å². The fourth-order valence-electron chi connectivity index (χ4n) is 2.14. The van der Waals surface area contributed by atoms with E-state index in [9.17, 15) is 0 Å². The summed E-state index contributed by atoms with van der Waals surface area (Å²) in [6.07, 6.45) is 5.31. The number of rotatable bonds is 4. The molecule has 1 N–H and O–H groups in total. The molecule has 2 aromatic heterocycles. The summed E-state index contributed by atoms with van der Waals surface area (Å²) in [5.41, 5.74) is 2.57. The zero-order chi connectivity index (χ0) is 14.8. The highest BCUT2D eigenvalue weighted by Gasteiger charge is 2.14. The second kappa shape index (κ2) is 5.28. The number of aromatic nitrogens is 5. The van der Waals surface area contributed by atoms with Crippen molar-refractivity contribution in [2.24, 2.45) is 14.1 Å². The first-order valence-electron chi connectivity index (χ1n) is 6.46. The maximum Gasteiger partial charge on any atom is 0.184 e. The molecule has 0 aliphatic rings. The number of methoxy groups -OCH3 is 1. The molecule has 0 amide bonds. The molecule has 3 rings (SSSR count). The number of nitrogens with one attached hydrogen (secondary N) is 1. The summed E-state index contributed by atoms with van der Waals surface area (Å²) in [4.78, 5) is 4.27. The summed E-state index contributed by atoms with van der Waals surface area (Å²) >= 11 is 0. The van der Waals surface area contributed by atoms with Crippen LogP contribution >= 0.6 is 0 Å². The molecule has 0 bridgehead atoms. The van der Waals surface area contributed by atoms with Gasteiger partial charge in [0.2, 0.25) is 0 Å². The molecule has 0 saturated heterocycles. The molecule has 0 radical (unpaired) electrons. The SMILES string of the molecule is COc1c(Nc2cnn(C)c2)cccc1-c1ncn(C)n1. The van der Waals surface area contributed by atoms with Gasteiger partial charge >= 0.3 is 0 Å². The van der Waals surface area contributed by atoms with Crippen LogP contribution in [0, 0.1) is 0 Å². The van der Waals surface area contributed by atoms with Gasteiger partial charge in [-0.2, -0.15) is 10.2 Å². The largest absolute Gasteiger partial charge is 0.494 e. The van der Waals surface area contributed by atoms with Crippen LogP contribution in [0.15, 0.2) is 36.9 Å². The van der Waals surface area contributed by atoms with E-state index in [-0.39, 0.29) is 0 Å². The summed E-state index contributed by atoms with van der Waals surface area (Å²) in [7, 11) is 5.34. The van der Waals surface area contributed by atoms with Gasteiger partial charge in [-0.1, -0.05) is 6.07 Å². The van der Waals surface area contributed by atoms with E-state index in [4.69, 9.17) is 4.74 Å². The molecular weight excluding hydrogens is 268 g/mol. The van der Waals surface area contributed by atoms with E-state index in [1.54, 1.807) is 29.0 Å². The molecule has 7 heteroatoms. The van der Waals surface area contributed by atoms with E-state index in [2.05, 4.69) is 20.5 Å². The van der Waals surface area contributed by atoms with Crippen molar-refractivity contribution in [2.45, 2.75) is 0 Å². The smallest absolute Gasteiger partial charge is 0.184 e. The second-order valence-corrected chi connectivity index (χ2v) is 4.66. The predicted octanol–water partition coefficient (Wildman–Crippen LogP) is 1.97. The Kier molecular flexibility index (Phi) is 3.31. The van der Waals surface area contributed by atoms with Crippen LogP contribution in [-0.4, -0.2) is 31.7 Å². The van der Waals surface area contributed by atoms with Crippen LogP contribution < -0.4 is 10.1 Å². The quantitative estimate of drug-likeness (QED) is 0.793. The van der Waals surface area contributed by atoms with Crippen LogP contribution in [-0.2, 0) is 14.1 Å². The summed E-state index contributed by atoms with van der Waals surface area (Å²) in [6.45, 7) is 0. The molecule has 2 heterocycles. The van der Waals surface area contributed by atoms with Crippen molar-refractivity contribution in [3.05, 3.63) is 36.9 Å². The molecule has 1 aromatic carbocycles. The van der Waals surface area contributed by atoms with E-state index in [0.29, 0.717) is 11.6 Å². The van der Waals surface area contributed by atoms with Crippen molar-refractivity contribution in [3.63, 3.8) is 0 Å². The van der Waals surface area contributed by atoms with Crippen LogP contribution in [0.3, 0.4) is 0 Å². The first-order chi connectivity index (χ1) is 10.2. The first-order valence-corrected chi connectivity index (χ1v) is 6.46. The molecule has 0 aliphatic carbocycles. The standard InChI is InChI=1S/C14H16N6O/c1-19-8-10(7-16-19)17-12-6-4-5-11(13(12)21-3)14-15-9-20(2)18-14/h4-9,17H,1-3H3. The number of ether oxygens (including phenoxy) is 1. The molecule has 21 heavy (non-hydrogen) atoms. The average molecular weight is 284 g/mol. The number of para-hydroxylation sites is 1. The number of benzene rings is 1. The lowest BCUT2D eigenvalue weighted by Crippen LogP contribution is -1.97. The van der Waals surface area contributed by atoms with Gasteiger partial charge in [0.25, 0.3) is 0 Å². The number of anilines is 2. The normalized spacial score (nSPS) is 10.6. The Labute approximate surface area is 122 Å². The lowest BCUT2D eigenvalue weighted by molar-refractivity contribution is 0.418. The zero-order valence-corrected chi connectivity index (χ0v) is 12.1. The van der Waals surface area contributed by atoms with Crippen LogP contribution in [0.4, 0.5) is 11.4 Å². The first kappa shape index (κ1) is 13.2. The minimum atomic E-state index is 0.629. The highest BCUT2D eigenvalue weighted by Crippen LogP contribution is 2.36. The molecule has 0 atom stereocenters. The average Bonchev–Trinajstić information content (AvgIpc) is 3.07. The Hall–Kier alpha value is -2.83. The third-order valence-electron chi connectivity index (χ3n) is 3.04. The van der Waals surface area contributed by atoms with Crippen molar-refractivity contribution in [1.82, 2.24) is 24.5 Å². The Morgan fingerprint density at radius 2 is 2.05 bits per heavy atom. The zero-order valence-electron chi connectivity index (χ0n) is 12.1. The maximum atomic E-state index is 5.54. The molecule has 108 valence electrons. The van der Waals surface area contributed by atoms with Crippen LogP contribution in [0.2, 0.25) is 0 Å². The topological polar surface area (TPSA) is 69.8 Å². The minimum Gasteiger partial charge on any atom is -0.494 e. The molecule has 7 nitrogen and oxygen atoms in total. The van der Waals surface area contributed by atoms with E-state index >= 15 is 0 Å². The number of aryl methyl sites for hydroxylation is 2. The summed E-state index contributed by atoms with van der Waals surface area (Å²) in [6, 6.07) is 5.81. The summed E-state index contributed by atoms with van der Waals surface area (Å²) in [5, 5.41) is 11.8. The van der Waals surface area contributed by atoms with Gasteiger partial charge in [-0.25, -0.2) is 4.98 Å². The molecule has 3 aromatic rings. The number of hydrogen-bond acceptors (Lipinski definition) is 5. The lowest BCUT2D eigenvalue weighted by atomic mass is 10.1. The van der Waals surface area contributed by atoms with E-state index in [1.165, 1.54) is 0 Å². The fourth-order valence-corrected chi connectivity index (χ4v) is 2.14. The Morgan fingerprint density at radius 1 is 1.19 bits per heavy atom. The third-order valence-corrected chi connectivity index (χ3v) is 3.04. The fraction of sp³-hybridized carbons (Fsp3) is 0.214. The second-order valence-electron chi connectivity index (χ2n) is 4.66. The summed E-state index contributed by atoms with van der Waals surface area (Å²) < 4.78 is 8.94. The molecule has 0 spiro atoms. The third kappa shape index (κ3) is 2.58. The van der Waals surface area contributed by atoms with Crippen LogP contribution in [0.1, 0.15) is 0 Å². The van der Waals surface area contributed by atoms with Crippen molar-refractivity contribution in [1.29, 1.82) is 0 Å². The Bertz CT molecular complexity index is 760. The number of hydrogen-bond donors (Lipinski definition) is 1. The van der Waals surface area contributed by atoms with Crippen molar-refractivity contribution in [3.8, 4) is 17.1 Å². The molecular formula is C14H16N6O. The van der Waals surface area contributed by atoms with Gasteiger partial charge in [0.1, 0.15) is 6.33 Å². The summed E-state index contributed by atoms with van der Waals surface area (Å²) in [5.74, 6) is 1.33. The monoisotopic (exact) mass is 284 g/mol.